The summed E-state index contributed by atoms with van der Waals surface area (Å²) in [5.74, 6) is 0.458. The first-order valence-electron chi connectivity index (χ1n) is 10.1. The van der Waals surface area contributed by atoms with Crippen molar-refractivity contribution < 1.29 is 32.5 Å². The number of aliphatic hydroxyl groups excluding tert-OH is 1. The van der Waals surface area contributed by atoms with E-state index in [1.165, 1.54) is 12.1 Å². The Labute approximate surface area is 192 Å². The average Bonchev–Trinajstić information content (AvgIpc) is 3.30. The van der Waals surface area contributed by atoms with E-state index in [1.54, 1.807) is 7.11 Å². The minimum Gasteiger partial charge on any atom is -0.497 e. The Kier molecular flexibility index (Phi) is 8.61. The molecule has 0 fully saturated rings. The fourth-order valence-electron chi connectivity index (χ4n) is 2.92. The van der Waals surface area contributed by atoms with Crippen molar-refractivity contribution in [1.29, 1.82) is 0 Å². The molecule has 7 nitrogen and oxygen atoms in total. The van der Waals surface area contributed by atoms with Gasteiger partial charge in [-0.05, 0) is 42.3 Å². The Morgan fingerprint density at radius 2 is 1.91 bits per heavy atom. The Balaban J connectivity index is 1.57. The first-order chi connectivity index (χ1) is 15.8. The maximum Gasteiger partial charge on any atom is 0.419 e. The number of ether oxygens (including phenoxy) is 3. The van der Waals surface area contributed by atoms with Crippen molar-refractivity contribution in [2.45, 2.75) is 18.6 Å². The van der Waals surface area contributed by atoms with Crippen LogP contribution in [0.25, 0.3) is 10.6 Å². The standard InChI is InChI=1S/C22H24F3N3O4S/c1-30-16-4-2-3-14(11-16)7-8-31-9-10-32-19-6-5-15(12-17(19)22(23,24)25)20-27-28-21(33-20)18(26)13-29/h2-6,11-12,18,29H,7-10,13,26H2,1H3. The van der Waals surface area contributed by atoms with E-state index in [2.05, 4.69) is 10.2 Å². The third-order valence-electron chi connectivity index (χ3n) is 4.64. The van der Waals surface area contributed by atoms with E-state index in [-0.39, 0.29) is 36.1 Å². The van der Waals surface area contributed by atoms with E-state index < -0.39 is 17.8 Å². The third kappa shape index (κ3) is 6.87. The minimum atomic E-state index is -4.62. The largest absolute Gasteiger partial charge is 0.497 e. The summed E-state index contributed by atoms with van der Waals surface area (Å²) in [5, 5.41) is 17.4. The van der Waals surface area contributed by atoms with Crippen LogP contribution < -0.4 is 15.2 Å². The van der Waals surface area contributed by atoms with Gasteiger partial charge in [0.1, 0.15) is 28.1 Å². The van der Waals surface area contributed by atoms with E-state index in [0.717, 1.165) is 28.7 Å². The van der Waals surface area contributed by atoms with Gasteiger partial charge in [0.05, 0.1) is 38.5 Å². The summed E-state index contributed by atoms with van der Waals surface area (Å²) in [6.07, 6.45) is -3.98. The molecule has 0 spiro atoms. The number of hydrogen-bond donors (Lipinski definition) is 2. The van der Waals surface area contributed by atoms with Gasteiger partial charge < -0.3 is 25.1 Å². The number of benzene rings is 2. The molecule has 0 radical (unpaired) electrons. The van der Waals surface area contributed by atoms with Gasteiger partial charge in [0.25, 0.3) is 0 Å². The quantitative estimate of drug-likeness (QED) is 0.400. The first kappa shape index (κ1) is 24.9. The van der Waals surface area contributed by atoms with E-state index in [0.29, 0.717) is 18.0 Å². The van der Waals surface area contributed by atoms with Gasteiger partial charge in [0.15, 0.2) is 0 Å². The minimum absolute atomic E-state index is 0.0329. The highest BCUT2D eigenvalue weighted by molar-refractivity contribution is 7.14. The second-order valence-electron chi connectivity index (χ2n) is 7.01. The third-order valence-corrected chi connectivity index (χ3v) is 5.75. The summed E-state index contributed by atoms with van der Waals surface area (Å²) in [4.78, 5) is 0. The van der Waals surface area contributed by atoms with Gasteiger partial charge in [-0.25, -0.2) is 0 Å². The maximum absolute atomic E-state index is 13.6. The fraction of sp³-hybridized carbons (Fsp3) is 0.364. The number of aliphatic hydroxyl groups is 1. The van der Waals surface area contributed by atoms with Crippen LogP contribution in [0.5, 0.6) is 11.5 Å². The number of halogens is 3. The normalized spacial score (nSPS) is 12.5. The molecule has 178 valence electrons. The molecule has 0 aliphatic heterocycles. The first-order valence-corrected chi connectivity index (χ1v) is 10.9. The molecule has 1 atom stereocenters. The van der Waals surface area contributed by atoms with Crippen molar-refractivity contribution >= 4 is 11.3 Å². The van der Waals surface area contributed by atoms with Gasteiger partial charge >= 0.3 is 6.18 Å². The molecule has 1 heterocycles. The lowest BCUT2D eigenvalue weighted by Gasteiger charge is -2.15. The highest BCUT2D eigenvalue weighted by atomic mass is 32.1. The van der Waals surface area contributed by atoms with Crippen LogP contribution in [0.2, 0.25) is 0 Å². The zero-order valence-corrected chi connectivity index (χ0v) is 18.7. The lowest BCUT2D eigenvalue weighted by atomic mass is 10.1. The molecule has 0 bridgehead atoms. The van der Waals surface area contributed by atoms with Gasteiger partial charge in [0.2, 0.25) is 0 Å². The summed E-state index contributed by atoms with van der Waals surface area (Å²) in [7, 11) is 1.59. The molecular formula is C22H24F3N3O4S. The number of nitrogens with zero attached hydrogens (tertiary/aromatic N) is 2. The van der Waals surface area contributed by atoms with Gasteiger partial charge in [-0.3, -0.25) is 0 Å². The Hall–Kier alpha value is -2.73. The molecule has 0 aliphatic rings. The van der Waals surface area contributed by atoms with Crippen LogP contribution in [-0.4, -0.2) is 48.8 Å². The van der Waals surface area contributed by atoms with Gasteiger partial charge in [-0.15, -0.1) is 10.2 Å². The van der Waals surface area contributed by atoms with Gasteiger partial charge in [-0.1, -0.05) is 23.5 Å². The van der Waals surface area contributed by atoms with Crippen molar-refractivity contribution in [1.82, 2.24) is 10.2 Å². The van der Waals surface area contributed by atoms with Crippen molar-refractivity contribution in [3.8, 4) is 22.1 Å². The molecule has 0 aliphatic carbocycles. The molecule has 0 saturated carbocycles. The van der Waals surface area contributed by atoms with Crippen LogP contribution in [0.1, 0.15) is 22.2 Å². The van der Waals surface area contributed by atoms with Crippen molar-refractivity contribution in [3.05, 3.63) is 58.6 Å². The summed E-state index contributed by atoms with van der Waals surface area (Å²) < 4.78 is 56.8. The number of nitrogens with two attached hydrogens (primary N) is 1. The lowest BCUT2D eigenvalue weighted by molar-refractivity contribution is -0.139. The van der Waals surface area contributed by atoms with E-state index in [1.807, 2.05) is 24.3 Å². The Bertz CT molecular complexity index is 1050. The number of aromatic nitrogens is 2. The Morgan fingerprint density at radius 1 is 1.09 bits per heavy atom. The number of alkyl halides is 3. The van der Waals surface area contributed by atoms with E-state index in [4.69, 9.17) is 25.1 Å². The summed E-state index contributed by atoms with van der Waals surface area (Å²) in [5.41, 5.74) is 6.03. The van der Waals surface area contributed by atoms with Crippen molar-refractivity contribution in [3.63, 3.8) is 0 Å². The fourth-order valence-corrected chi connectivity index (χ4v) is 3.75. The monoisotopic (exact) mass is 483 g/mol. The number of rotatable bonds is 11. The molecule has 0 saturated heterocycles. The van der Waals surface area contributed by atoms with Crippen LogP contribution in [-0.2, 0) is 17.3 Å². The van der Waals surface area contributed by atoms with Crippen molar-refractivity contribution in [2.24, 2.45) is 5.73 Å². The van der Waals surface area contributed by atoms with Crippen LogP contribution in [0.15, 0.2) is 42.5 Å². The predicted molar refractivity (Wildman–Crippen MR) is 117 cm³/mol. The highest BCUT2D eigenvalue weighted by Crippen LogP contribution is 2.39. The molecule has 0 amide bonds. The molecule has 3 aromatic rings. The van der Waals surface area contributed by atoms with E-state index in [9.17, 15) is 13.2 Å². The van der Waals surface area contributed by atoms with Crippen LogP contribution in [0.3, 0.4) is 0 Å². The maximum atomic E-state index is 13.6. The smallest absolute Gasteiger partial charge is 0.419 e. The second kappa shape index (κ2) is 11.4. The molecule has 3 rings (SSSR count). The van der Waals surface area contributed by atoms with Gasteiger partial charge in [0, 0.05) is 5.56 Å². The van der Waals surface area contributed by atoms with E-state index >= 15 is 0 Å². The molecule has 3 N–H and O–H groups in total. The number of methoxy groups -OCH3 is 1. The number of hydrogen-bond acceptors (Lipinski definition) is 8. The summed E-state index contributed by atoms with van der Waals surface area (Å²) in [6.45, 7) is 0.171. The molecule has 11 heteroatoms. The van der Waals surface area contributed by atoms with Crippen molar-refractivity contribution in [2.75, 3.05) is 33.5 Å². The zero-order chi connectivity index (χ0) is 23.8. The predicted octanol–water partition coefficient (Wildman–Crippen LogP) is 3.86. The molecule has 1 unspecified atom stereocenters. The molecule has 33 heavy (non-hydrogen) atoms. The Morgan fingerprint density at radius 3 is 2.64 bits per heavy atom. The summed E-state index contributed by atoms with van der Waals surface area (Å²) >= 11 is 1.03. The topological polar surface area (TPSA) is 99.7 Å². The molecular weight excluding hydrogens is 459 g/mol. The second-order valence-corrected chi connectivity index (χ2v) is 8.01. The molecule has 1 aromatic heterocycles. The van der Waals surface area contributed by atoms with Crippen LogP contribution in [0, 0.1) is 0 Å². The summed E-state index contributed by atoms with van der Waals surface area (Å²) in [6, 6.07) is 10.5. The molecule has 2 aromatic carbocycles. The van der Waals surface area contributed by atoms with Crippen LogP contribution in [0.4, 0.5) is 13.2 Å². The van der Waals surface area contributed by atoms with Gasteiger partial charge in [-0.2, -0.15) is 13.2 Å². The van der Waals surface area contributed by atoms with Crippen LogP contribution >= 0.6 is 11.3 Å². The highest BCUT2D eigenvalue weighted by Gasteiger charge is 2.35. The lowest BCUT2D eigenvalue weighted by Crippen LogP contribution is -2.13. The SMILES string of the molecule is COc1cccc(CCOCCOc2ccc(-c3nnc(C(N)CO)s3)cc2C(F)(F)F)c1. The average molecular weight is 484 g/mol. The zero-order valence-electron chi connectivity index (χ0n) is 17.8.